The first-order valence-corrected chi connectivity index (χ1v) is 10.3. The quantitative estimate of drug-likeness (QED) is 0.350. The maximum absolute atomic E-state index is 12.5. The molecule has 0 radical (unpaired) electrons. The van der Waals surface area contributed by atoms with Gasteiger partial charge in [0.05, 0.1) is 11.4 Å². The Balaban J connectivity index is 1.31. The number of ketones is 1. The second-order valence-electron chi connectivity index (χ2n) is 7.46. The summed E-state index contributed by atoms with van der Waals surface area (Å²) in [6.07, 6.45) is 0.707. The molecule has 32 heavy (non-hydrogen) atoms. The minimum atomic E-state index is 0.131. The van der Waals surface area contributed by atoms with Crippen LogP contribution in [0.4, 0.5) is 11.4 Å². The van der Waals surface area contributed by atoms with Gasteiger partial charge in [0.2, 0.25) is 0 Å². The fourth-order valence-electron chi connectivity index (χ4n) is 3.27. The number of carbonyl (C=O) groups is 1. The highest BCUT2D eigenvalue weighted by Crippen LogP contribution is 2.28. The number of ether oxygens (including phenoxy) is 2. The minimum Gasteiger partial charge on any atom is -0.455 e. The molecule has 0 aliphatic heterocycles. The summed E-state index contributed by atoms with van der Waals surface area (Å²) < 4.78 is 11.6. The van der Waals surface area contributed by atoms with Crippen LogP contribution in [0.5, 0.6) is 23.0 Å². The number of hydrogen-bond acceptors (Lipinski definition) is 5. The monoisotopic (exact) mass is 424 g/mol. The van der Waals surface area contributed by atoms with Gasteiger partial charge in [-0.2, -0.15) is 0 Å². The Morgan fingerprint density at radius 1 is 0.562 bits per heavy atom. The number of benzene rings is 4. The number of nitrogens with two attached hydrogens (primary N) is 2. The predicted molar refractivity (Wildman–Crippen MR) is 127 cm³/mol. The summed E-state index contributed by atoms with van der Waals surface area (Å²) in [7, 11) is 0. The molecule has 0 unspecified atom stereocenters. The van der Waals surface area contributed by atoms with Gasteiger partial charge in [-0.1, -0.05) is 48.5 Å². The Bertz CT molecular complexity index is 1110. The number of rotatable bonds is 8. The van der Waals surface area contributed by atoms with Crippen LogP contribution in [0.25, 0.3) is 0 Å². The molecule has 0 amide bonds. The molecular weight excluding hydrogens is 400 g/mol. The Morgan fingerprint density at radius 3 is 1.31 bits per heavy atom. The van der Waals surface area contributed by atoms with Crippen molar-refractivity contribution in [1.82, 2.24) is 0 Å². The predicted octanol–water partition coefficient (Wildman–Crippen LogP) is 5.79. The van der Waals surface area contributed by atoms with Crippen molar-refractivity contribution in [3.05, 3.63) is 108 Å². The van der Waals surface area contributed by atoms with Crippen LogP contribution in [0.2, 0.25) is 0 Å². The average molecular weight is 425 g/mol. The second kappa shape index (κ2) is 9.71. The Labute approximate surface area is 187 Å². The Kier molecular flexibility index (Phi) is 6.37. The fraction of sp³-hybridized carbons (Fsp3) is 0.0741. The summed E-state index contributed by atoms with van der Waals surface area (Å²) in [4.78, 5) is 12.5. The normalized spacial score (nSPS) is 10.5. The molecular formula is C27H24N2O3. The van der Waals surface area contributed by atoms with E-state index in [1.54, 1.807) is 12.1 Å². The molecule has 4 aromatic carbocycles. The van der Waals surface area contributed by atoms with Crippen LogP contribution >= 0.6 is 0 Å². The van der Waals surface area contributed by atoms with Crippen molar-refractivity contribution >= 4 is 17.2 Å². The van der Waals surface area contributed by atoms with Crippen LogP contribution in [0.15, 0.2) is 97.1 Å². The van der Waals surface area contributed by atoms with Gasteiger partial charge in [0, 0.05) is 12.8 Å². The van der Waals surface area contributed by atoms with Gasteiger partial charge in [-0.25, -0.2) is 0 Å². The van der Waals surface area contributed by atoms with E-state index in [2.05, 4.69) is 0 Å². The van der Waals surface area contributed by atoms with Gasteiger partial charge < -0.3 is 20.9 Å². The van der Waals surface area contributed by atoms with E-state index in [1.807, 2.05) is 84.9 Å². The Morgan fingerprint density at radius 2 is 0.938 bits per heavy atom. The lowest BCUT2D eigenvalue weighted by molar-refractivity contribution is -0.117. The standard InChI is InChI=1S/C27H24N2O3/c28-24-5-1-3-7-26(24)31-22-13-9-19(10-14-22)17-21(30)18-20-11-15-23(16-12-20)32-27-8-4-2-6-25(27)29/h1-16H,17-18,28-29H2. The van der Waals surface area contributed by atoms with E-state index >= 15 is 0 Å². The van der Waals surface area contributed by atoms with Crippen molar-refractivity contribution in [1.29, 1.82) is 0 Å². The first-order valence-electron chi connectivity index (χ1n) is 10.3. The van der Waals surface area contributed by atoms with Gasteiger partial charge in [-0.15, -0.1) is 0 Å². The molecule has 4 aromatic rings. The van der Waals surface area contributed by atoms with Crippen molar-refractivity contribution in [3.63, 3.8) is 0 Å². The summed E-state index contributed by atoms with van der Waals surface area (Å²) >= 11 is 0. The third-order valence-electron chi connectivity index (χ3n) is 4.94. The molecule has 0 aliphatic carbocycles. The van der Waals surface area contributed by atoms with E-state index in [1.165, 1.54) is 0 Å². The largest absolute Gasteiger partial charge is 0.455 e. The van der Waals surface area contributed by atoms with E-state index in [-0.39, 0.29) is 5.78 Å². The van der Waals surface area contributed by atoms with E-state index in [9.17, 15) is 4.79 Å². The van der Waals surface area contributed by atoms with Crippen molar-refractivity contribution in [2.24, 2.45) is 0 Å². The second-order valence-corrected chi connectivity index (χ2v) is 7.46. The lowest BCUT2D eigenvalue weighted by Gasteiger charge is -2.09. The highest BCUT2D eigenvalue weighted by molar-refractivity contribution is 5.83. The van der Waals surface area contributed by atoms with E-state index < -0.39 is 0 Å². The average Bonchev–Trinajstić information content (AvgIpc) is 2.79. The molecule has 0 aliphatic rings. The van der Waals surface area contributed by atoms with Gasteiger partial charge in [0.25, 0.3) is 0 Å². The molecule has 0 saturated heterocycles. The lowest BCUT2D eigenvalue weighted by Crippen LogP contribution is -2.06. The summed E-state index contributed by atoms with van der Waals surface area (Å²) in [6.45, 7) is 0. The summed E-state index contributed by atoms with van der Waals surface area (Å²) in [6, 6.07) is 29.6. The number of para-hydroxylation sites is 4. The molecule has 0 saturated carbocycles. The fourth-order valence-corrected chi connectivity index (χ4v) is 3.27. The molecule has 5 nitrogen and oxygen atoms in total. The third-order valence-corrected chi connectivity index (χ3v) is 4.94. The molecule has 0 fully saturated rings. The molecule has 4 N–H and O–H groups in total. The maximum Gasteiger partial charge on any atom is 0.150 e. The zero-order valence-corrected chi connectivity index (χ0v) is 17.5. The number of anilines is 2. The number of nitrogen functional groups attached to an aromatic ring is 2. The third kappa shape index (κ3) is 5.46. The van der Waals surface area contributed by atoms with Crippen molar-refractivity contribution in [2.45, 2.75) is 12.8 Å². The summed E-state index contributed by atoms with van der Waals surface area (Å²) in [5.41, 5.74) is 14.8. The van der Waals surface area contributed by atoms with Crippen molar-refractivity contribution in [3.8, 4) is 23.0 Å². The first kappa shape index (κ1) is 21.0. The van der Waals surface area contributed by atoms with Gasteiger partial charge in [0.15, 0.2) is 0 Å². The molecule has 0 atom stereocenters. The first-order chi connectivity index (χ1) is 15.6. The zero-order chi connectivity index (χ0) is 22.3. The Hall–Kier alpha value is -4.25. The topological polar surface area (TPSA) is 87.6 Å². The van der Waals surface area contributed by atoms with E-state index in [0.717, 1.165) is 11.1 Å². The van der Waals surface area contributed by atoms with Crippen LogP contribution in [0.3, 0.4) is 0 Å². The summed E-state index contributed by atoms with van der Waals surface area (Å²) in [5.74, 6) is 2.70. The molecule has 4 rings (SSSR count). The van der Waals surface area contributed by atoms with E-state index in [4.69, 9.17) is 20.9 Å². The summed E-state index contributed by atoms with van der Waals surface area (Å²) in [5, 5.41) is 0. The number of carbonyl (C=O) groups excluding carboxylic acids is 1. The lowest BCUT2D eigenvalue weighted by atomic mass is 10.0. The van der Waals surface area contributed by atoms with Crippen LogP contribution in [-0.2, 0) is 17.6 Å². The molecule has 5 heteroatoms. The van der Waals surface area contributed by atoms with Crippen molar-refractivity contribution in [2.75, 3.05) is 11.5 Å². The van der Waals surface area contributed by atoms with Crippen LogP contribution < -0.4 is 20.9 Å². The van der Waals surface area contributed by atoms with Gasteiger partial charge in [-0.05, 0) is 59.7 Å². The molecule has 0 spiro atoms. The van der Waals surface area contributed by atoms with Crippen LogP contribution in [-0.4, -0.2) is 5.78 Å². The highest BCUT2D eigenvalue weighted by atomic mass is 16.5. The molecule has 0 bridgehead atoms. The van der Waals surface area contributed by atoms with Crippen LogP contribution in [0, 0.1) is 0 Å². The minimum absolute atomic E-state index is 0.131. The number of hydrogen-bond donors (Lipinski definition) is 2. The van der Waals surface area contributed by atoms with Gasteiger partial charge in [0.1, 0.15) is 28.8 Å². The van der Waals surface area contributed by atoms with Gasteiger partial charge >= 0.3 is 0 Å². The van der Waals surface area contributed by atoms with Gasteiger partial charge in [-0.3, -0.25) is 4.79 Å². The maximum atomic E-state index is 12.5. The van der Waals surface area contributed by atoms with Crippen LogP contribution in [0.1, 0.15) is 11.1 Å². The molecule has 0 heterocycles. The molecule has 0 aromatic heterocycles. The SMILES string of the molecule is Nc1ccccc1Oc1ccc(CC(=O)Cc2ccc(Oc3ccccc3N)cc2)cc1. The molecule has 160 valence electrons. The van der Waals surface area contributed by atoms with Crippen molar-refractivity contribution < 1.29 is 14.3 Å². The smallest absolute Gasteiger partial charge is 0.150 e. The zero-order valence-electron chi connectivity index (χ0n) is 17.5. The van der Waals surface area contributed by atoms with E-state index in [0.29, 0.717) is 47.2 Å². The number of Topliss-reactive ketones (excluding diaryl/α,β-unsaturated/α-hetero) is 1. The highest BCUT2D eigenvalue weighted by Gasteiger charge is 2.08.